The fraction of sp³-hybridized carbons (Fsp3) is 0.429. The van der Waals surface area contributed by atoms with Crippen LogP contribution in [0.25, 0.3) is 11.3 Å². The van der Waals surface area contributed by atoms with Crippen LogP contribution in [-0.4, -0.2) is 51.7 Å². The van der Waals surface area contributed by atoms with Crippen molar-refractivity contribution in [2.75, 3.05) is 13.1 Å². The Kier molecular flexibility index (Phi) is 6.32. The van der Waals surface area contributed by atoms with Crippen molar-refractivity contribution in [1.82, 2.24) is 14.9 Å². The Morgan fingerprint density at radius 2 is 2.10 bits per heavy atom. The normalized spacial score (nSPS) is 18.2. The van der Waals surface area contributed by atoms with Gasteiger partial charge in [-0.15, -0.1) is 0 Å². The first kappa shape index (κ1) is 22.7. The minimum Gasteiger partial charge on any atom is -0.483 e. The number of rotatable bonds is 3. The maximum absolute atomic E-state index is 14.7. The molecule has 0 spiro atoms. The van der Waals surface area contributed by atoms with Crippen molar-refractivity contribution in [1.29, 1.82) is 5.26 Å². The molecule has 0 saturated carbocycles. The van der Waals surface area contributed by atoms with Gasteiger partial charge < -0.3 is 14.4 Å². The number of amides is 1. The highest BCUT2D eigenvalue weighted by Gasteiger charge is 2.48. The van der Waals surface area contributed by atoms with Crippen LogP contribution in [0.5, 0.6) is 5.75 Å². The molecule has 0 bridgehead atoms. The predicted octanol–water partition coefficient (Wildman–Crippen LogP) is 4.69. The van der Waals surface area contributed by atoms with Gasteiger partial charge in [0.2, 0.25) is 5.28 Å². The standard InChI is InChI=1S/C21H21ClF2N4O3/c1-20(2,3)31-19(29)28-9-7-17(21(23,24)12-28)30-16-5-4-13(10-14(16)11-25)15-6-8-26-18(22)27-15/h4-6,8,10,17H,7,9,12H2,1-3H3. The number of hydrogen-bond donors (Lipinski definition) is 0. The van der Waals surface area contributed by atoms with Gasteiger partial charge in [0.05, 0.1) is 17.8 Å². The second-order valence-corrected chi connectivity index (χ2v) is 8.43. The molecule has 0 radical (unpaired) electrons. The van der Waals surface area contributed by atoms with Crippen LogP contribution in [0.15, 0.2) is 30.5 Å². The molecule has 2 aromatic rings. The first-order valence-corrected chi connectivity index (χ1v) is 9.92. The number of carbonyl (C=O) groups excluding carboxylic acids is 1. The Labute approximate surface area is 183 Å². The first-order valence-electron chi connectivity index (χ1n) is 9.54. The van der Waals surface area contributed by atoms with Crippen LogP contribution in [0.2, 0.25) is 5.28 Å². The SMILES string of the molecule is CC(C)(C)OC(=O)N1CCC(Oc2ccc(-c3ccnc(Cl)n3)cc2C#N)C(F)(F)C1. The van der Waals surface area contributed by atoms with Gasteiger partial charge >= 0.3 is 12.0 Å². The Hall–Kier alpha value is -2.99. The van der Waals surface area contributed by atoms with Crippen LogP contribution >= 0.6 is 11.6 Å². The van der Waals surface area contributed by atoms with Gasteiger partial charge in [-0.3, -0.25) is 0 Å². The minimum atomic E-state index is -3.32. The van der Waals surface area contributed by atoms with Crippen molar-refractivity contribution in [3.63, 3.8) is 0 Å². The third kappa shape index (κ3) is 5.58. The van der Waals surface area contributed by atoms with E-state index in [1.165, 1.54) is 18.3 Å². The summed E-state index contributed by atoms with van der Waals surface area (Å²) in [6.45, 7) is 4.23. The molecule has 1 unspecified atom stereocenters. The summed E-state index contributed by atoms with van der Waals surface area (Å²) in [6.07, 6.45) is -0.922. The zero-order valence-electron chi connectivity index (χ0n) is 17.2. The van der Waals surface area contributed by atoms with Gasteiger partial charge in [-0.25, -0.2) is 23.5 Å². The zero-order chi connectivity index (χ0) is 22.8. The van der Waals surface area contributed by atoms with E-state index in [0.717, 1.165) is 4.90 Å². The molecule has 31 heavy (non-hydrogen) atoms. The van der Waals surface area contributed by atoms with E-state index in [2.05, 4.69) is 9.97 Å². The van der Waals surface area contributed by atoms with E-state index in [1.54, 1.807) is 32.9 Å². The van der Waals surface area contributed by atoms with Crippen molar-refractivity contribution in [2.24, 2.45) is 0 Å². The van der Waals surface area contributed by atoms with E-state index in [0.29, 0.717) is 11.3 Å². The number of carbonyl (C=O) groups is 1. The van der Waals surface area contributed by atoms with E-state index in [4.69, 9.17) is 21.1 Å². The number of nitrogens with zero attached hydrogens (tertiary/aromatic N) is 4. The van der Waals surface area contributed by atoms with Crippen LogP contribution in [0.4, 0.5) is 13.6 Å². The molecule has 10 heteroatoms. The Morgan fingerprint density at radius 1 is 1.35 bits per heavy atom. The molecule has 1 amide bonds. The lowest BCUT2D eigenvalue weighted by Gasteiger charge is -2.38. The number of halogens is 3. The highest BCUT2D eigenvalue weighted by atomic mass is 35.5. The molecule has 0 N–H and O–H groups in total. The molecule has 3 rings (SSSR count). The summed E-state index contributed by atoms with van der Waals surface area (Å²) in [5.41, 5.74) is 0.355. The molecule has 1 aliphatic rings. The molecule has 164 valence electrons. The summed E-state index contributed by atoms with van der Waals surface area (Å²) in [7, 11) is 0. The van der Waals surface area contributed by atoms with Crippen LogP contribution in [0.3, 0.4) is 0 Å². The summed E-state index contributed by atoms with van der Waals surface area (Å²) in [6, 6.07) is 8.11. The summed E-state index contributed by atoms with van der Waals surface area (Å²) >= 11 is 5.80. The molecule has 1 fully saturated rings. The number of piperidine rings is 1. The van der Waals surface area contributed by atoms with Gasteiger partial charge in [0.1, 0.15) is 17.4 Å². The molecule has 7 nitrogen and oxygen atoms in total. The van der Waals surface area contributed by atoms with Gasteiger partial charge in [-0.05, 0) is 56.6 Å². The van der Waals surface area contributed by atoms with Gasteiger partial charge in [-0.2, -0.15) is 5.26 Å². The molecule has 1 aromatic heterocycles. The van der Waals surface area contributed by atoms with Gasteiger partial charge in [0.25, 0.3) is 0 Å². The van der Waals surface area contributed by atoms with Gasteiger partial charge in [-0.1, -0.05) is 0 Å². The second-order valence-electron chi connectivity index (χ2n) is 8.09. The van der Waals surface area contributed by atoms with Crippen LogP contribution in [0.1, 0.15) is 32.8 Å². The molecular formula is C21H21ClF2N4O3. The van der Waals surface area contributed by atoms with E-state index < -0.39 is 30.3 Å². The molecule has 2 heterocycles. The van der Waals surface area contributed by atoms with Gasteiger partial charge in [0.15, 0.2) is 6.10 Å². The van der Waals surface area contributed by atoms with Crippen molar-refractivity contribution in [3.05, 3.63) is 41.3 Å². The molecule has 1 aliphatic heterocycles. The number of hydrogen-bond acceptors (Lipinski definition) is 6. The number of nitriles is 1. The van der Waals surface area contributed by atoms with E-state index >= 15 is 0 Å². The number of benzene rings is 1. The molecule has 1 saturated heterocycles. The molecule has 1 atom stereocenters. The van der Waals surface area contributed by atoms with Crippen molar-refractivity contribution in [2.45, 2.75) is 44.8 Å². The third-order valence-corrected chi connectivity index (χ3v) is 4.66. The van der Waals surface area contributed by atoms with Crippen LogP contribution in [0, 0.1) is 11.3 Å². The topological polar surface area (TPSA) is 88.3 Å². The Balaban J connectivity index is 1.75. The predicted molar refractivity (Wildman–Crippen MR) is 109 cm³/mol. The minimum absolute atomic E-state index is 0.0294. The summed E-state index contributed by atoms with van der Waals surface area (Å²) in [5, 5.41) is 9.53. The summed E-state index contributed by atoms with van der Waals surface area (Å²) < 4.78 is 40.2. The lowest BCUT2D eigenvalue weighted by atomic mass is 10.0. The number of alkyl halides is 2. The lowest BCUT2D eigenvalue weighted by molar-refractivity contribution is -0.137. The second kappa shape index (κ2) is 8.63. The quantitative estimate of drug-likeness (QED) is 0.630. The molecular weight excluding hydrogens is 430 g/mol. The van der Waals surface area contributed by atoms with E-state index in [9.17, 15) is 18.8 Å². The van der Waals surface area contributed by atoms with Crippen molar-refractivity contribution in [3.8, 4) is 23.1 Å². The average Bonchev–Trinajstić information content (AvgIpc) is 2.68. The van der Waals surface area contributed by atoms with E-state index in [1.807, 2.05) is 6.07 Å². The van der Waals surface area contributed by atoms with E-state index in [-0.39, 0.29) is 29.6 Å². The van der Waals surface area contributed by atoms with Gasteiger partial charge in [0, 0.05) is 24.7 Å². The largest absolute Gasteiger partial charge is 0.483 e. The highest BCUT2D eigenvalue weighted by Crippen LogP contribution is 2.34. The Bertz CT molecular complexity index is 1020. The summed E-state index contributed by atoms with van der Waals surface area (Å²) in [5.74, 6) is -3.29. The number of likely N-dealkylation sites (tertiary alicyclic amines) is 1. The van der Waals surface area contributed by atoms with Crippen molar-refractivity contribution >= 4 is 17.7 Å². The Morgan fingerprint density at radius 3 is 2.71 bits per heavy atom. The van der Waals surface area contributed by atoms with Crippen molar-refractivity contribution < 1.29 is 23.0 Å². The highest BCUT2D eigenvalue weighted by molar-refractivity contribution is 6.28. The average molecular weight is 451 g/mol. The maximum Gasteiger partial charge on any atom is 0.410 e. The fourth-order valence-electron chi connectivity index (χ4n) is 3.08. The monoisotopic (exact) mass is 450 g/mol. The lowest BCUT2D eigenvalue weighted by Crippen LogP contribution is -2.56. The van der Waals surface area contributed by atoms with Crippen LogP contribution < -0.4 is 4.74 Å². The molecule has 1 aromatic carbocycles. The summed E-state index contributed by atoms with van der Waals surface area (Å²) in [4.78, 5) is 21.0. The smallest absolute Gasteiger partial charge is 0.410 e. The number of ether oxygens (including phenoxy) is 2. The molecule has 0 aliphatic carbocycles. The first-order chi connectivity index (χ1) is 14.5. The zero-order valence-corrected chi connectivity index (χ0v) is 18.0. The number of aromatic nitrogens is 2. The fourth-order valence-corrected chi connectivity index (χ4v) is 3.22. The maximum atomic E-state index is 14.7. The third-order valence-electron chi connectivity index (χ3n) is 4.48. The van der Waals surface area contributed by atoms with Crippen LogP contribution in [-0.2, 0) is 4.74 Å².